The SMILES string of the molecule is Cc1ccc(CCCn2c3nc(=O)[nH]c(=O)c-3nc3cc(CC(C)C)ccc32)cc1. The van der Waals surface area contributed by atoms with Crippen LogP contribution >= 0.6 is 0 Å². The zero-order valence-electron chi connectivity index (χ0n) is 17.6. The zero-order valence-corrected chi connectivity index (χ0v) is 17.6. The average Bonchev–Trinajstić information content (AvgIpc) is 2.69. The Kier molecular flexibility index (Phi) is 5.48. The molecule has 6 nitrogen and oxygen atoms in total. The Labute approximate surface area is 175 Å². The van der Waals surface area contributed by atoms with Crippen LogP contribution in [-0.4, -0.2) is 19.5 Å². The van der Waals surface area contributed by atoms with E-state index < -0.39 is 11.2 Å². The van der Waals surface area contributed by atoms with E-state index in [1.54, 1.807) is 0 Å². The largest absolute Gasteiger partial charge is 0.349 e. The van der Waals surface area contributed by atoms with Gasteiger partial charge in [0.2, 0.25) is 0 Å². The number of hydrogen-bond donors (Lipinski definition) is 1. The fourth-order valence-electron chi connectivity index (χ4n) is 3.87. The van der Waals surface area contributed by atoms with E-state index in [4.69, 9.17) is 0 Å². The van der Waals surface area contributed by atoms with Gasteiger partial charge in [0, 0.05) is 6.54 Å². The lowest BCUT2D eigenvalue weighted by Crippen LogP contribution is -2.29. The Bertz CT molecular complexity index is 1270. The van der Waals surface area contributed by atoms with Crippen molar-refractivity contribution in [2.75, 3.05) is 0 Å². The van der Waals surface area contributed by atoms with E-state index in [0.29, 0.717) is 18.3 Å². The fourth-order valence-corrected chi connectivity index (χ4v) is 3.87. The van der Waals surface area contributed by atoms with Crippen molar-refractivity contribution in [3.63, 3.8) is 0 Å². The van der Waals surface area contributed by atoms with Crippen molar-refractivity contribution >= 4 is 11.0 Å². The number of aromatic nitrogens is 4. The number of nitrogens with one attached hydrogen (secondary N) is 1. The predicted octanol–water partition coefficient (Wildman–Crippen LogP) is 3.72. The van der Waals surface area contributed by atoms with Crippen LogP contribution < -0.4 is 11.2 Å². The third-order valence-electron chi connectivity index (χ3n) is 5.29. The Morgan fingerprint density at radius 1 is 1.00 bits per heavy atom. The molecular formula is C24H26N4O2. The van der Waals surface area contributed by atoms with E-state index in [0.717, 1.165) is 30.3 Å². The summed E-state index contributed by atoms with van der Waals surface area (Å²) in [6.07, 6.45) is 2.70. The number of benzene rings is 2. The minimum atomic E-state index is -0.641. The molecular weight excluding hydrogens is 376 g/mol. The number of aryl methyl sites for hydroxylation is 3. The third-order valence-corrected chi connectivity index (χ3v) is 5.29. The van der Waals surface area contributed by atoms with Gasteiger partial charge in [0.1, 0.15) is 0 Å². The van der Waals surface area contributed by atoms with Crippen molar-refractivity contribution < 1.29 is 0 Å². The first-order valence-electron chi connectivity index (χ1n) is 10.4. The van der Waals surface area contributed by atoms with E-state index in [9.17, 15) is 9.59 Å². The maximum absolute atomic E-state index is 12.4. The van der Waals surface area contributed by atoms with E-state index in [-0.39, 0.29) is 5.69 Å². The van der Waals surface area contributed by atoms with E-state index in [2.05, 4.69) is 66.1 Å². The fraction of sp³-hybridized carbons (Fsp3) is 0.333. The Morgan fingerprint density at radius 3 is 2.47 bits per heavy atom. The number of nitrogens with zero attached hydrogens (tertiary/aromatic N) is 3. The second-order valence-electron chi connectivity index (χ2n) is 8.32. The summed E-state index contributed by atoms with van der Waals surface area (Å²) in [6.45, 7) is 7.07. The van der Waals surface area contributed by atoms with Gasteiger partial charge in [-0.1, -0.05) is 49.7 Å². The Morgan fingerprint density at radius 2 is 1.73 bits per heavy atom. The van der Waals surface area contributed by atoms with Gasteiger partial charge in [0.15, 0.2) is 11.5 Å². The molecule has 2 aromatic rings. The minimum absolute atomic E-state index is 0.208. The van der Waals surface area contributed by atoms with E-state index >= 15 is 0 Å². The topological polar surface area (TPSA) is 80.6 Å². The molecule has 2 aliphatic heterocycles. The van der Waals surface area contributed by atoms with Gasteiger partial charge in [-0.05, 0) is 55.4 Å². The van der Waals surface area contributed by atoms with Crippen LogP contribution in [0.1, 0.15) is 37.0 Å². The standard InChI is InChI=1S/C24H26N4O2/c1-15(2)13-18-10-11-20-19(14-18)25-21-22(26-24(30)27-23(21)29)28(20)12-4-5-17-8-6-16(3)7-9-17/h6-11,14-15H,4-5,12-13H2,1-3H3,(H,27,29,30). The van der Waals surface area contributed by atoms with Crippen LogP contribution in [0.2, 0.25) is 0 Å². The number of aromatic amines is 1. The minimum Gasteiger partial charge on any atom is -0.322 e. The Balaban J connectivity index is 1.76. The van der Waals surface area contributed by atoms with Crippen molar-refractivity contribution in [3.05, 3.63) is 80.0 Å². The van der Waals surface area contributed by atoms with Gasteiger partial charge in [0.05, 0.1) is 11.0 Å². The average molecular weight is 402 g/mol. The van der Waals surface area contributed by atoms with Crippen LogP contribution in [0.3, 0.4) is 0 Å². The predicted molar refractivity (Wildman–Crippen MR) is 119 cm³/mol. The van der Waals surface area contributed by atoms with Gasteiger partial charge in [-0.3, -0.25) is 9.78 Å². The molecule has 1 N–H and O–H groups in total. The van der Waals surface area contributed by atoms with Crippen LogP contribution in [0.5, 0.6) is 0 Å². The number of fused-ring (bicyclic) bond motifs is 2. The van der Waals surface area contributed by atoms with Gasteiger partial charge < -0.3 is 4.57 Å². The molecule has 0 amide bonds. The summed E-state index contributed by atoms with van der Waals surface area (Å²) < 4.78 is 1.96. The quantitative estimate of drug-likeness (QED) is 0.499. The monoisotopic (exact) mass is 402 g/mol. The molecule has 2 aliphatic rings. The molecule has 0 bridgehead atoms. The van der Waals surface area contributed by atoms with Crippen molar-refractivity contribution in [2.45, 2.75) is 46.6 Å². The van der Waals surface area contributed by atoms with Crippen LogP contribution in [-0.2, 0) is 19.4 Å². The summed E-state index contributed by atoms with van der Waals surface area (Å²) in [6, 6.07) is 14.7. The van der Waals surface area contributed by atoms with Gasteiger partial charge in [-0.15, -0.1) is 0 Å². The highest BCUT2D eigenvalue weighted by atomic mass is 16.2. The molecule has 30 heavy (non-hydrogen) atoms. The molecule has 0 fully saturated rings. The molecule has 2 aromatic carbocycles. The molecule has 6 heteroatoms. The highest BCUT2D eigenvalue weighted by Crippen LogP contribution is 2.23. The van der Waals surface area contributed by atoms with Crippen LogP contribution in [0.25, 0.3) is 22.6 Å². The highest BCUT2D eigenvalue weighted by Gasteiger charge is 2.18. The molecule has 0 aromatic heterocycles. The highest BCUT2D eigenvalue weighted by molar-refractivity contribution is 5.80. The summed E-state index contributed by atoms with van der Waals surface area (Å²) in [5.74, 6) is 0.870. The van der Waals surface area contributed by atoms with Crippen molar-refractivity contribution in [1.82, 2.24) is 19.5 Å². The molecule has 0 atom stereocenters. The first kappa shape index (κ1) is 20.0. The molecule has 0 saturated heterocycles. The van der Waals surface area contributed by atoms with Crippen LogP contribution in [0.15, 0.2) is 52.1 Å². The molecule has 0 spiro atoms. The molecule has 0 aliphatic carbocycles. The Hall–Kier alpha value is -3.28. The molecule has 4 rings (SSSR count). The second-order valence-corrected chi connectivity index (χ2v) is 8.32. The van der Waals surface area contributed by atoms with E-state index in [1.165, 1.54) is 16.7 Å². The number of rotatable bonds is 6. The lowest BCUT2D eigenvalue weighted by atomic mass is 10.0. The smallest absolute Gasteiger partial charge is 0.322 e. The van der Waals surface area contributed by atoms with Crippen molar-refractivity contribution in [2.24, 2.45) is 5.92 Å². The summed E-state index contributed by atoms with van der Waals surface area (Å²) in [4.78, 5) is 35.2. The van der Waals surface area contributed by atoms with Crippen molar-refractivity contribution in [1.29, 1.82) is 0 Å². The normalized spacial score (nSPS) is 11.6. The molecule has 0 unspecified atom stereocenters. The summed E-state index contributed by atoms with van der Waals surface area (Å²) >= 11 is 0. The zero-order chi connectivity index (χ0) is 21.3. The molecule has 0 radical (unpaired) electrons. The maximum Gasteiger partial charge on any atom is 0.349 e. The van der Waals surface area contributed by atoms with Gasteiger partial charge in [0.25, 0.3) is 5.56 Å². The van der Waals surface area contributed by atoms with Gasteiger partial charge in [-0.2, -0.15) is 4.98 Å². The third kappa shape index (κ3) is 4.17. The number of hydrogen-bond acceptors (Lipinski definition) is 4. The van der Waals surface area contributed by atoms with Crippen LogP contribution in [0, 0.1) is 12.8 Å². The van der Waals surface area contributed by atoms with Gasteiger partial charge >= 0.3 is 5.69 Å². The molecule has 154 valence electrons. The molecule has 2 heterocycles. The lowest BCUT2D eigenvalue weighted by Gasteiger charge is -2.17. The number of H-pyrrole nitrogens is 1. The second kappa shape index (κ2) is 8.22. The van der Waals surface area contributed by atoms with E-state index in [1.807, 2.05) is 16.7 Å². The first-order chi connectivity index (χ1) is 14.4. The first-order valence-corrected chi connectivity index (χ1v) is 10.4. The summed E-state index contributed by atoms with van der Waals surface area (Å²) in [7, 11) is 0. The van der Waals surface area contributed by atoms with Gasteiger partial charge in [-0.25, -0.2) is 9.78 Å². The maximum atomic E-state index is 12.4. The van der Waals surface area contributed by atoms with Crippen molar-refractivity contribution in [3.8, 4) is 11.5 Å². The van der Waals surface area contributed by atoms with Crippen LogP contribution in [0.4, 0.5) is 0 Å². The molecule has 0 saturated carbocycles. The summed E-state index contributed by atoms with van der Waals surface area (Å²) in [5, 5.41) is 0. The summed E-state index contributed by atoms with van der Waals surface area (Å²) in [5.41, 5.74) is 4.39. The lowest BCUT2D eigenvalue weighted by molar-refractivity contribution is 0.643.